The maximum atomic E-state index is 12.2. The molecule has 0 spiro atoms. The molecule has 29 heavy (non-hydrogen) atoms. The Labute approximate surface area is 169 Å². The number of nitro groups is 1. The largest absolute Gasteiger partial charge is 0.481 e. The van der Waals surface area contributed by atoms with Crippen molar-refractivity contribution in [3.8, 4) is 0 Å². The zero-order valence-corrected chi connectivity index (χ0v) is 17.3. The highest BCUT2D eigenvalue weighted by Crippen LogP contribution is 2.40. The van der Waals surface area contributed by atoms with Crippen molar-refractivity contribution >= 4 is 27.4 Å². The average Bonchev–Trinajstić information content (AvgIpc) is 2.58. The fraction of sp³-hybridized carbons (Fsp3) is 0.368. The smallest absolute Gasteiger partial charge is 0.313 e. The molecular weight excluding hydrogens is 398 g/mol. The zero-order valence-electron chi connectivity index (χ0n) is 16.5. The van der Waals surface area contributed by atoms with Crippen LogP contribution in [0.5, 0.6) is 0 Å². The highest BCUT2D eigenvalue weighted by molar-refractivity contribution is 7.92. The van der Waals surface area contributed by atoms with Gasteiger partial charge in [0.1, 0.15) is 5.92 Å². The first-order valence-corrected chi connectivity index (χ1v) is 10.4. The number of sulfonamides is 1. The molecule has 10 heteroatoms. The summed E-state index contributed by atoms with van der Waals surface area (Å²) in [4.78, 5) is 26.9. The number of hydrogen-bond acceptors (Lipinski definition) is 6. The minimum atomic E-state index is -3.75. The number of carbonyl (C=O) groups is 1. The maximum absolute atomic E-state index is 12.2. The molecule has 1 aromatic rings. The first-order chi connectivity index (χ1) is 13.4. The van der Waals surface area contributed by atoms with E-state index in [4.69, 9.17) is 0 Å². The van der Waals surface area contributed by atoms with Gasteiger partial charge in [0.2, 0.25) is 10.0 Å². The Balaban J connectivity index is 2.64. The molecule has 2 rings (SSSR count). The molecule has 0 aromatic heterocycles. The number of benzene rings is 1. The molecule has 2 N–H and O–H groups in total. The van der Waals surface area contributed by atoms with E-state index < -0.39 is 32.8 Å². The molecule has 0 amide bonds. The number of nitrogens with one attached hydrogen (secondary N) is 1. The van der Waals surface area contributed by atoms with E-state index in [0.29, 0.717) is 22.5 Å². The zero-order chi connectivity index (χ0) is 21.9. The molecular formula is C19H23N3O6S. The molecule has 0 saturated heterocycles. The fourth-order valence-corrected chi connectivity index (χ4v) is 4.39. The SMILES string of the molecule is CC1=NC(C)=C(C=CS(=O)(=O)NC(C)C)C(c2cccc([N+](=O)[O-])c2)C1C(=O)O. The molecule has 1 aliphatic heterocycles. The van der Waals surface area contributed by atoms with E-state index in [2.05, 4.69) is 9.71 Å². The first-order valence-electron chi connectivity index (χ1n) is 8.86. The van der Waals surface area contributed by atoms with Crippen LogP contribution >= 0.6 is 0 Å². The Bertz CT molecular complexity index is 1020. The average molecular weight is 421 g/mol. The van der Waals surface area contributed by atoms with Crippen LogP contribution in [0.1, 0.15) is 39.2 Å². The summed E-state index contributed by atoms with van der Waals surface area (Å²) in [6.07, 6.45) is 1.31. The number of allylic oxidation sites excluding steroid dienone is 3. The minimum Gasteiger partial charge on any atom is -0.481 e. The van der Waals surface area contributed by atoms with Crippen LogP contribution in [0.3, 0.4) is 0 Å². The molecule has 1 heterocycles. The van der Waals surface area contributed by atoms with Gasteiger partial charge in [-0.05, 0) is 44.9 Å². The highest BCUT2D eigenvalue weighted by atomic mass is 32.2. The summed E-state index contributed by atoms with van der Waals surface area (Å²) in [7, 11) is -3.75. The van der Waals surface area contributed by atoms with Crippen molar-refractivity contribution in [2.45, 2.75) is 39.7 Å². The van der Waals surface area contributed by atoms with Gasteiger partial charge in [0.05, 0.1) is 4.92 Å². The lowest BCUT2D eigenvalue weighted by Crippen LogP contribution is -2.32. The van der Waals surface area contributed by atoms with Gasteiger partial charge in [-0.1, -0.05) is 12.1 Å². The van der Waals surface area contributed by atoms with Crippen LogP contribution in [0.25, 0.3) is 0 Å². The topological polar surface area (TPSA) is 139 Å². The van der Waals surface area contributed by atoms with Crippen LogP contribution in [0, 0.1) is 16.0 Å². The van der Waals surface area contributed by atoms with Crippen LogP contribution < -0.4 is 4.72 Å². The van der Waals surface area contributed by atoms with Crippen LogP contribution in [0.2, 0.25) is 0 Å². The van der Waals surface area contributed by atoms with E-state index in [1.165, 1.54) is 24.3 Å². The number of carboxylic acid groups (broad SMARTS) is 1. The Morgan fingerprint density at radius 1 is 1.34 bits per heavy atom. The summed E-state index contributed by atoms with van der Waals surface area (Å²) in [6.45, 7) is 6.57. The molecule has 0 bridgehead atoms. The van der Waals surface area contributed by atoms with E-state index in [-0.39, 0.29) is 11.7 Å². The van der Waals surface area contributed by atoms with Gasteiger partial charge in [-0.3, -0.25) is 19.9 Å². The van der Waals surface area contributed by atoms with Gasteiger partial charge in [0, 0.05) is 40.9 Å². The second-order valence-corrected chi connectivity index (χ2v) is 8.66. The Hall–Kier alpha value is -2.85. The van der Waals surface area contributed by atoms with Crippen molar-refractivity contribution < 1.29 is 23.2 Å². The van der Waals surface area contributed by atoms with E-state index in [1.54, 1.807) is 33.8 Å². The first kappa shape index (κ1) is 22.4. The molecule has 0 radical (unpaired) electrons. The van der Waals surface area contributed by atoms with Gasteiger partial charge in [-0.25, -0.2) is 13.1 Å². The van der Waals surface area contributed by atoms with Gasteiger partial charge >= 0.3 is 5.97 Å². The lowest BCUT2D eigenvalue weighted by atomic mass is 9.75. The number of aliphatic imine (C=N–C) groups is 1. The van der Waals surface area contributed by atoms with Crippen molar-refractivity contribution in [1.29, 1.82) is 0 Å². The Kier molecular flexibility index (Phi) is 6.70. The minimum absolute atomic E-state index is 0.179. The number of hydrogen-bond donors (Lipinski definition) is 2. The summed E-state index contributed by atoms with van der Waals surface area (Å²) >= 11 is 0. The van der Waals surface area contributed by atoms with E-state index in [1.807, 2.05) is 0 Å². The second-order valence-electron chi connectivity index (χ2n) is 7.06. The van der Waals surface area contributed by atoms with Gasteiger partial charge in [-0.15, -0.1) is 0 Å². The van der Waals surface area contributed by atoms with Gasteiger partial charge in [0.15, 0.2) is 0 Å². The van der Waals surface area contributed by atoms with E-state index in [0.717, 1.165) is 5.41 Å². The molecule has 2 atom stereocenters. The molecule has 2 unspecified atom stereocenters. The number of rotatable bonds is 7. The summed E-state index contributed by atoms with van der Waals surface area (Å²) < 4.78 is 26.8. The van der Waals surface area contributed by atoms with Crippen molar-refractivity contribution in [3.63, 3.8) is 0 Å². The van der Waals surface area contributed by atoms with Crippen LogP contribution in [-0.2, 0) is 14.8 Å². The molecule has 156 valence electrons. The van der Waals surface area contributed by atoms with Gasteiger partial charge in [-0.2, -0.15) is 0 Å². The molecule has 1 aromatic carbocycles. The summed E-state index contributed by atoms with van der Waals surface area (Å²) in [6, 6.07) is 5.37. The summed E-state index contributed by atoms with van der Waals surface area (Å²) in [5, 5.41) is 21.9. The number of carboxylic acids is 1. The normalized spacial score (nSPS) is 20.2. The lowest BCUT2D eigenvalue weighted by molar-refractivity contribution is -0.384. The van der Waals surface area contributed by atoms with Crippen molar-refractivity contribution in [1.82, 2.24) is 4.72 Å². The molecule has 9 nitrogen and oxygen atoms in total. The highest BCUT2D eigenvalue weighted by Gasteiger charge is 2.38. The number of nitrogens with zero attached hydrogens (tertiary/aromatic N) is 2. The van der Waals surface area contributed by atoms with Gasteiger partial charge in [0.25, 0.3) is 5.69 Å². The van der Waals surface area contributed by atoms with E-state index in [9.17, 15) is 28.4 Å². The van der Waals surface area contributed by atoms with Crippen molar-refractivity contribution in [2.24, 2.45) is 10.9 Å². The number of non-ortho nitro benzene ring substituents is 1. The van der Waals surface area contributed by atoms with Crippen molar-refractivity contribution in [3.05, 3.63) is 62.7 Å². The molecule has 0 aliphatic carbocycles. The molecule has 1 aliphatic rings. The summed E-state index contributed by atoms with van der Waals surface area (Å²) in [5.41, 5.74) is 1.38. The monoisotopic (exact) mass is 421 g/mol. The third-order valence-electron chi connectivity index (χ3n) is 4.41. The van der Waals surface area contributed by atoms with Crippen LogP contribution in [-0.4, -0.2) is 36.2 Å². The third kappa shape index (κ3) is 5.36. The third-order valence-corrected chi connectivity index (χ3v) is 5.71. The number of nitro benzene ring substituents is 1. The summed E-state index contributed by atoms with van der Waals surface area (Å²) in [5.74, 6) is -3.05. The van der Waals surface area contributed by atoms with Crippen molar-refractivity contribution in [2.75, 3.05) is 0 Å². The predicted molar refractivity (Wildman–Crippen MR) is 109 cm³/mol. The lowest BCUT2D eigenvalue weighted by Gasteiger charge is -2.30. The Morgan fingerprint density at radius 3 is 2.55 bits per heavy atom. The van der Waals surface area contributed by atoms with Gasteiger partial charge < -0.3 is 5.11 Å². The maximum Gasteiger partial charge on any atom is 0.313 e. The standard InChI is InChI=1S/C19H23N3O6S/c1-11(2)21-29(27,28)9-8-16-12(3)20-13(4)17(19(23)24)18(16)14-6-5-7-15(10-14)22(25)26/h5-11,17-18,21H,1-4H3,(H,23,24). The predicted octanol–water partition coefficient (Wildman–Crippen LogP) is 2.97. The van der Waals surface area contributed by atoms with E-state index >= 15 is 0 Å². The Morgan fingerprint density at radius 2 is 2.00 bits per heavy atom. The molecule has 0 saturated carbocycles. The van der Waals surface area contributed by atoms with Crippen LogP contribution in [0.4, 0.5) is 5.69 Å². The number of aliphatic carboxylic acids is 1. The fourth-order valence-electron chi connectivity index (χ4n) is 3.32. The quantitative estimate of drug-likeness (QED) is 0.512. The second kappa shape index (κ2) is 8.66. The molecule has 0 fully saturated rings. The van der Waals surface area contributed by atoms with Crippen LogP contribution in [0.15, 0.2) is 52.0 Å².